The molecule has 1 N–H and O–H groups in total. The fraction of sp³-hybridized carbons (Fsp3) is 0.533. The Morgan fingerprint density at radius 1 is 1.35 bits per heavy atom. The van der Waals surface area contributed by atoms with Crippen LogP contribution in [0.4, 0.5) is 4.39 Å². The van der Waals surface area contributed by atoms with Crippen molar-refractivity contribution in [2.45, 2.75) is 19.4 Å². The van der Waals surface area contributed by atoms with E-state index in [1.807, 2.05) is 6.92 Å². The first-order chi connectivity index (χ1) is 9.65. The third kappa shape index (κ3) is 3.35. The lowest BCUT2D eigenvalue weighted by molar-refractivity contribution is 0.0472. The van der Waals surface area contributed by atoms with E-state index in [0.29, 0.717) is 18.7 Å². The van der Waals surface area contributed by atoms with Gasteiger partial charge in [0.15, 0.2) is 0 Å². The van der Waals surface area contributed by atoms with E-state index in [0.717, 1.165) is 19.5 Å². The third-order valence-electron chi connectivity index (χ3n) is 3.87. The Kier molecular flexibility index (Phi) is 5.09. The van der Waals surface area contributed by atoms with Crippen LogP contribution in [0.25, 0.3) is 0 Å². The maximum Gasteiger partial charge on any atom is 0.254 e. The average molecular weight is 280 g/mol. The number of amides is 1. The minimum absolute atomic E-state index is 0.124. The average Bonchev–Trinajstić information content (AvgIpc) is 2.48. The van der Waals surface area contributed by atoms with Crippen molar-refractivity contribution < 1.29 is 14.3 Å². The summed E-state index contributed by atoms with van der Waals surface area (Å²) in [5.41, 5.74) is 0.396. The van der Waals surface area contributed by atoms with Crippen molar-refractivity contribution in [2.75, 3.05) is 32.8 Å². The Balaban J connectivity index is 1.95. The minimum Gasteiger partial charge on any atom is -0.395 e. The second-order valence-electron chi connectivity index (χ2n) is 5.08. The number of aliphatic hydroxyl groups is 1. The van der Waals surface area contributed by atoms with Crippen LogP contribution in [0.3, 0.4) is 0 Å². The molecule has 0 radical (unpaired) electrons. The monoisotopic (exact) mass is 280 g/mol. The molecular weight excluding hydrogens is 259 g/mol. The maximum atomic E-state index is 13.1. The second kappa shape index (κ2) is 6.81. The van der Waals surface area contributed by atoms with Crippen molar-refractivity contribution in [2.24, 2.45) is 0 Å². The fourth-order valence-electron chi connectivity index (χ4n) is 2.60. The van der Waals surface area contributed by atoms with Crippen molar-refractivity contribution in [3.05, 3.63) is 35.6 Å². The van der Waals surface area contributed by atoms with Gasteiger partial charge in [0.25, 0.3) is 5.91 Å². The number of aliphatic hydroxyl groups excluding tert-OH is 1. The lowest BCUT2D eigenvalue weighted by Crippen LogP contribution is -2.52. The second-order valence-corrected chi connectivity index (χ2v) is 5.08. The number of carbonyl (C=O) groups excluding carboxylic acids is 1. The lowest BCUT2D eigenvalue weighted by Gasteiger charge is -2.38. The van der Waals surface area contributed by atoms with E-state index in [4.69, 9.17) is 0 Å². The molecule has 1 aromatic rings. The summed E-state index contributed by atoms with van der Waals surface area (Å²) in [6, 6.07) is 5.97. The summed E-state index contributed by atoms with van der Waals surface area (Å²) in [7, 11) is 0. The van der Waals surface area contributed by atoms with Crippen molar-refractivity contribution >= 4 is 5.91 Å². The van der Waals surface area contributed by atoms with E-state index in [9.17, 15) is 14.3 Å². The molecule has 2 rings (SSSR count). The van der Waals surface area contributed by atoms with Gasteiger partial charge in [0.2, 0.25) is 0 Å². The molecule has 1 unspecified atom stereocenters. The molecule has 1 aromatic carbocycles. The molecule has 1 fully saturated rings. The van der Waals surface area contributed by atoms with E-state index in [2.05, 4.69) is 4.90 Å². The summed E-state index contributed by atoms with van der Waals surface area (Å²) in [6.07, 6.45) is 0.897. The number of rotatable bonds is 4. The largest absolute Gasteiger partial charge is 0.395 e. The minimum atomic E-state index is -0.388. The van der Waals surface area contributed by atoms with Crippen LogP contribution in [-0.2, 0) is 0 Å². The number of piperazine rings is 1. The summed E-state index contributed by atoms with van der Waals surface area (Å²) in [5, 5.41) is 9.30. The number of nitrogens with zero attached hydrogens (tertiary/aromatic N) is 2. The van der Waals surface area contributed by atoms with Gasteiger partial charge in [-0.05, 0) is 24.6 Å². The predicted molar refractivity (Wildman–Crippen MR) is 75.0 cm³/mol. The SMILES string of the molecule is CCC(CO)N1CCN(C(=O)c2cccc(F)c2)CC1. The van der Waals surface area contributed by atoms with Crippen LogP contribution in [0.5, 0.6) is 0 Å². The van der Waals surface area contributed by atoms with Gasteiger partial charge in [-0.15, -0.1) is 0 Å². The molecule has 1 aliphatic rings. The normalized spacial score (nSPS) is 18.1. The molecule has 4 nitrogen and oxygen atoms in total. The molecule has 0 bridgehead atoms. The summed E-state index contributed by atoms with van der Waals surface area (Å²) < 4.78 is 13.1. The smallest absolute Gasteiger partial charge is 0.254 e. The Hall–Kier alpha value is -1.46. The van der Waals surface area contributed by atoms with Crippen LogP contribution in [0.2, 0.25) is 0 Å². The highest BCUT2D eigenvalue weighted by atomic mass is 19.1. The highest BCUT2D eigenvalue weighted by Crippen LogP contribution is 2.13. The first-order valence-corrected chi connectivity index (χ1v) is 7.05. The molecule has 0 aliphatic carbocycles. The van der Waals surface area contributed by atoms with E-state index in [-0.39, 0.29) is 24.4 Å². The molecule has 0 saturated carbocycles. The van der Waals surface area contributed by atoms with Gasteiger partial charge in [-0.2, -0.15) is 0 Å². The predicted octanol–water partition coefficient (Wildman–Crippen LogP) is 1.35. The molecule has 5 heteroatoms. The third-order valence-corrected chi connectivity index (χ3v) is 3.87. The molecule has 1 saturated heterocycles. The van der Waals surface area contributed by atoms with Crippen LogP contribution in [-0.4, -0.2) is 59.6 Å². The zero-order chi connectivity index (χ0) is 14.5. The Bertz CT molecular complexity index is 455. The van der Waals surface area contributed by atoms with E-state index < -0.39 is 0 Å². The molecule has 0 aromatic heterocycles. The van der Waals surface area contributed by atoms with E-state index >= 15 is 0 Å². The first kappa shape index (κ1) is 14.9. The lowest BCUT2D eigenvalue weighted by atomic mass is 10.1. The zero-order valence-electron chi connectivity index (χ0n) is 11.8. The fourth-order valence-corrected chi connectivity index (χ4v) is 2.60. The van der Waals surface area contributed by atoms with Crippen molar-refractivity contribution in [1.29, 1.82) is 0 Å². The molecular formula is C15H21FN2O2. The van der Waals surface area contributed by atoms with Crippen LogP contribution < -0.4 is 0 Å². The number of carbonyl (C=O) groups is 1. The van der Waals surface area contributed by atoms with Crippen molar-refractivity contribution in [3.63, 3.8) is 0 Å². The zero-order valence-corrected chi connectivity index (χ0v) is 11.8. The molecule has 20 heavy (non-hydrogen) atoms. The Labute approximate surface area is 118 Å². The number of hydrogen-bond acceptors (Lipinski definition) is 3. The van der Waals surface area contributed by atoms with Crippen LogP contribution in [0.15, 0.2) is 24.3 Å². The van der Waals surface area contributed by atoms with Crippen LogP contribution in [0.1, 0.15) is 23.7 Å². The van der Waals surface area contributed by atoms with Gasteiger partial charge < -0.3 is 10.0 Å². The van der Waals surface area contributed by atoms with Gasteiger partial charge >= 0.3 is 0 Å². The van der Waals surface area contributed by atoms with Gasteiger partial charge in [-0.25, -0.2) is 4.39 Å². The molecule has 1 heterocycles. The standard InChI is InChI=1S/C15H21FN2O2/c1-2-14(11-19)17-6-8-18(9-7-17)15(20)12-4-3-5-13(16)10-12/h3-5,10,14,19H,2,6-9,11H2,1H3. The molecule has 1 atom stereocenters. The Morgan fingerprint density at radius 3 is 2.60 bits per heavy atom. The quantitative estimate of drug-likeness (QED) is 0.905. The van der Waals surface area contributed by atoms with Gasteiger partial charge in [0.05, 0.1) is 6.61 Å². The number of benzene rings is 1. The number of halogens is 1. The highest BCUT2D eigenvalue weighted by molar-refractivity contribution is 5.94. The molecule has 110 valence electrons. The summed E-state index contributed by atoms with van der Waals surface area (Å²) in [6.45, 7) is 4.93. The van der Waals surface area contributed by atoms with Gasteiger partial charge in [0.1, 0.15) is 5.82 Å². The summed E-state index contributed by atoms with van der Waals surface area (Å²) in [4.78, 5) is 16.2. The maximum absolute atomic E-state index is 13.1. The van der Waals surface area contributed by atoms with Crippen molar-refractivity contribution in [1.82, 2.24) is 9.80 Å². The highest BCUT2D eigenvalue weighted by Gasteiger charge is 2.25. The Morgan fingerprint density at radius 2 is 2.05 bits per heavy atom. The molecule has 1 aliphatic heterocycles. The van der Waals surface area contributed by atoms with Gasteiger partial charge in [-0.3, -0.25) is 9.69 Å². The molecule has 1 amide bonds. The summed E-state index contributed by atoms with van der Waals surface area (Å²) in [5.74, 6) is -0.512. The van der Waals surface area contributed by atoms with Gasteiger partial charge in [-0.1, -0.05) is 13.0 Å². The topological polar surface area (TPSA) is 43.8 Å². The van der Waals surface area contributed by atoms with Crippen molar-refractivity contribution in [3.8, 4) is 0 Å². The molecule has 0 spiro atoms. The number of hydrogen-bond donors (Lipinski definition) is 1. The van der Waals surface area contributed by atoms with E-state index in [1.54, 1.807) is 17.0 Å². The first-order valence-electron chi connectivity index (χ1n) is 7.05. The van der Waals surface area contributed by atoms with Gasteiger partial charge in [0, 0.05) is 37.8 Å². The summed E-state index contributed by atoms with van der Waals surface area (Å²) >= 11 is 0. The van der Waals surface area contributed by atoms with E-state index in [1.165, 1.54) is 12.1 Å². The van der Waals surface area contributed by atoms with Crippen LogP contribution >= 0.6 is 0 Å². The van der Waals surface area contributed by atoms with Crippen LogP contribution in [0, 0.1) is 5.82 Å².